The fourth-order valence-corrected chi connectivity index (χ4v) is 3.14. The van der Waals surface area contributed by atoms with Crippen molar-refractivity contribution in [2.75, 3.05) is 11.9 Å². The third kappa shape index (κ3) is 7.16. The number of nitrogens with one attached hydrogen (secondary N) is 2. The van der Waals surface area contributed by atoms with Gasteiger partial charge >= 0.3 is 6.16 Å². The van der Waals surface area contributed by atoms with E-state index in [1.807, 2.05) is 0 Å². The third-order valence-electron chi connectivity index (χ3n) is 4.90. The quantitative estimate of drug-likeness (QED) is 0.348. The Hall–Kier alpha value is -4.20. The van der Waals surface area contributed by atoms with Crippen LogP contribution in [0.1, 0.15) is 34.8 Å². The predicted molar refractivity (Wildman–Crippen MR) is 125 cm³/mol. The van der Waals surface area contributed by atoms with E-state index in [-0.39, 0.29) is 43.0 Å². The van der Waals surface area contributed by atoms with Crippen LogP contribution in [-0.4, -0.2) is 24.6 Å². The van der Waals surface area contributed by atoms with Gasteiger partial charge in [0.1, 0.15) is 11.6 Å². The number of amides is 2. The van der Waals surface area contributed by atoms with Crippen LogP contribution < -0.4 is 15.4 Å². The standard InChI is InChI=1S/C26H25FN2O5/c1-2-33-26(32)34-21-14-11-19(12-15-21)25(31)29-23-10-6-4-8-20(23)17-28-24(30)16-13-18-7-3-5-9-22(18)27/h3-12,14-15H,2,13,16-17H2,1H3,(H,28,30)(H,29,31). The van der Waals surface area contributed by atoms with Crippen LogP contribution in [0.4, 0.5) is 14.9 Å². The number of aryl methyl sites for hydroxylation is 1. The second kappa shape index (κ2) is 12.2. The van der Waals surface area contributed by atoms with Gasteiger partial charge in [-0.05, 0) is 60.9 Å². The van der Waals surface area contributed by atoms with Crippen LogP contribution in [0.25, 0.3) is 0 Å². The van der Waals surface area contributed by atoms with Crippen molar-refractivity contribution in [2.24, 2.45) is 0 Å². The Bertz CT molecular complexity index is 1150. The maximum absolute atomic E-state index is 13.7. The van der Waals surface area contributed by atoms with Gasteiger partial charge in [0.25, 0.3) is 5.91 Å². The molecule has 0 atom stereocenters. The van der Waals surface area contributed by atoms with Crippen molar-refractivity contribution in [2.45, 2.75) is 26.3 Å². The van der Waals surface area contributed by atoms with Crippen LogP contribution >= 0.6 is 0 Å². The largest absolute Gasteiger partial charge is 0.513 e. The summed E-state index contributed by atoms with van der Waals surface area (Å²) in [4.78, 5) is 36.3. The normalized spacial score (nSPS) is 10.3. The highest BCUT2D eigenvalue weighted by molar-refractivity contribution is 6.04. The summed E-state index contributed by atoms with van der Waals surface area (Å²) in [6, 6.07) is 19.5. The van der Waals surface area contributed by atoms with Crippen LogP contribution in [0.3, 0.4) is 0 Å². The fraction of sp³-hybridized carbons (Fsp3) is 0.192. The highest BCUT2D eigenvalue weighted by atomic mass is 19.1. The molecule has 3 aromatic rings. The molecular weight excluding hydrogens is 439 g/mol. The molecule has 0 spiro atoms. The van der Waals surface area contributed by atoms with E-state index in [4.69, 9.17) is 9.47 Å². The van der Waals surface area contributed by atoms with Gasteiger partial charge in [0.15, 0.2) is 0 Å². The fourth-order valence-electron chi connectivity index (χ4n) is 3.14. The molecule has 0 saturated carbocycles. The molecule has 8 heteroatoms. The molecule has 0 heterocycles. The monoisotopic (exact) mass is 464 g/mol. The van der Waals surface area contributed by atoms with Crippen molar-refractivity contribution >= 4 is 23.7 Å². The van der Waals surface area contributed by atoms with Crippen molar-refractivity contribution in [1.82, 2.24) is 5.32 Å². The van der Waals surface area contributed by atoms with Crippen molar-refractivity contribution in [3.05, 3.63) is 95.3 Å². The van der Waals surface area contributed by atoms with E-state index in [1.54, 1.807) is 49.4 Å². The molecule has 0 fully saturated rings. The predicted octanol–water partition coefficient (Wildman–Crippen LogP) is 4.86. The Balaban J connectivity index is 1.55. The number of rotatable bonds is 9. The number of para-hydroxylation sites is 1. The van der Waals surface area contributed by atoms with Crippen LogP contribution in [0, 0.1) is 5.82 Å². The summed E-state index contributed by atoms with van der Waals surface area (Å²) in [7, 11) is 0. The number of carbonyl (C=O) groups excluding carboxylic acids is 3. The van der Waals surface area contributed by atoms with Gasteiger partial charge in [0, 0.05) is 24.2 Å². The molecule has 0 saturated heterocycles. The smallest absolute Gasteiger partial charge is 0.434 e. The number of hydrogen-bond donors (Lipinski definition) is 2. The molecule has 3 rings (SSSR count). The van der Waals surface area contributed by atoms with Crippen LogP contribution in [-0.2, 0) is 22.5 Å². The van der Waals surface area contributed by atoms with Gasteiger partial charge in [-0.2, -0.15) is 0 Å². The minimum Gasteiger partial charge on any atom is -0.434 e. The number of ether oxygens (including phenoxy) is 2. The molecule has 7 nitrogen and oxygen atoms in total. The molecule has 0 aliphatic rings. The SMILES string of the molecule is CCOC(=O)Oc1ccc(C(=O)Nc2ccccc2CNC(=O)CCc2ccccc2F)cc1. The number of hydrogen-bond acceptors (Lipinski definition) is 5. The van der Waals surface area contributed by atoms with E-state index in [2.05, 4.69) is 10.6 Å². The molecule has 0 aliphatic heterocycles. The van der Waals surface area contributed by atoms with Crippen LogP contribution in [0.15, 0.2) is 72.8 Å². The number of anilines is 1. The summed E-state index contributed by atoms with van der Waals surface area (Å²) in [6.45, 7) is 2.08. The van der Waals surface area contributed by atoms with Crippen LogP contribution in [0.2, 0.25) is 0 Å². The lowest BCUT2D eigenvalue weighted by atomic mass is 10.1. The van der Waals surface area contributed by atoms with E-state index >= 15 is 0 Å². The third-order valence-corrected chi connectivity index (χ3v) is 4.90. The molecule has 34 heavy (non-hydrogen) atoms. The second-order valence-corrected chi connectivity index (χ2v) is 7.29. The summed E-state index contributed by atoms with van der Waals surface area (Å²) < 4.78 is 23.4. The Labute approximate surface area is 196 Å². The summed E-state index contributed by atoms with van der Waals surface area (Å²) >= 11 is 0. The summed E-state index contributed by atoms with van der Waals surface area (Å²) in [5.41, 5.74) is 2.12. The first-order valence-corrected chi connectivity index (χ1v) is 10.8. The van der Waals surface area contributed by atoms with Gasteiger partial charge in [-0.25, -0.2) is 9.18 Å². The molecular formula is C26H25FN2O5. The second-order valence-electron chi connectivity index (χ2n) is 7.29. The first kappa shape index (κ1) is 24.4. The molecule has 0 radical (unpaired) electrons. The van der Waals surface area contributed by atoms with Crippen molar-refractivity contribution in [3.63, 3.8) is 0 Å². The molecule has 2 amide bonds. The first-order valence-electron chi connectivity index (χ1n) is 10.8. The first-order chi connectivity index (χ1) is 16.5. The molecule has 176 valence electrons. The lowest BCUT2D eigenvalue weighted by Crippen LogP contribution is -2.24. The Morgan fingerprint density at radius 2 is 1.56 bits per heavy atom. The van der Waals surface area contributed by atoms with E-state index in [9.17, 15) is 18.8 Å². The van der Waals surface area contributed by atoms with Crippen molar-refractivity contribution in [1.29, 1.82) is 0 Å². The van der Waals surface area contributed by atoms with Crippen molar-refractivity contribution < 1.29 is 28.2 Å². The van der Waals surface area contributed by atoms with Gasteiger partial charge in [-0.1, -0.05) is 36.4 Å². The summed E-state index contributed by atoms with van der Waals surface area (Å²) in [5.74, 6) is -0.653. The molecule has 3 aromatic carbocycles. The van der Waals surface area contributed by atoms with Crippen molar-refractivity contribution in [3.8, 4) is 5.75 Å². The summed E-state index contributed by atoms with van der Waals surface area (Å²) in [6.07, 6.45) is -0.368. The maximum Gasteiger partial charge on any atom is 0.513 e. The van der Waals surface area contributed by atoms with Gasteiger partial charge in [0.05, 0.1) is 6.61 Å². The summed E-state index contributed by atoms with van der Waals surface area (Å²) in [5, 5.41) is 5.63. The average Bonchev–Trinajstić information content (AvgIpc) is 2.83. The molecule has 0 aliphatic carbocycles. The lowest BCUT2D eigenvalue weighted by molar-refractivity contribution is -0.121. The molecule has 2 N–H and O–H groups in total. The van der Waals surface area contributed by atoms with Crippen LogP contribution in [0.5, 0.6) is 5.75 Å². The zero-order valence-electron chi connectivity index (χ0n) is 18.7. The zero-order valence-corrected chi connectivity index (χ0v) is 18.7. The number of carbonyl (C=O) groups is 3. The minimum absolute atomic E-state index is 0.148. The van der Waals surface area contributed by atoms with Gasteiger partial charge in [0.2, 0.25) is 5.91 Å². The van der Waals surface area contributed by atoms with Gasteiger partial charge < -0.3 is 20.1 Å². The number of halogens is 1. The highest BCUT2D eigenvalue weighted by Gasteiger charge is 2.12. The Kier molecular flexibility index (Phi) is 8.73. The zero-order chi connectivity index (χ0) is 24.3. The van der Waals surface area contributed by atoms with E-state index in [0.29, 0.717) is 23.2 Å². The number of benzene rings is 3. The minimum atomic E-state index is -0.815. The maximum atomic E-state index is 13.7. The lowest BCUT2D eigenvalue weighted by Gasteiger charge is -2.12. The van der Waals surface area contributed by atoms with Gasteiger partial charge in [-0.3, -0.25) is 9.59 Å². The van der Waals surface area contributed by atoms with E-state index < -0.39 is 6.16 Å². The molecule has 0 unspecified atom stereocenters. The average molecular weight is 464 g/mol. The van der Waals surface area contributed by atoms with E-state index in [1.165, 1.54) is 30.3 Å². The Morgan fingerprint density at radius 1 is 0.882 bits per heavy atom. The Morgan fingerprint density at radius 3 is 2.26 bits per heavy atom. The highest BCUT2D eigenvalue weighted by Crippen LogP contribution is 2.18. The topological polar surface area (TPSA) is 93.7 Å². The molecule has 0 bridgehead atoms. The van der Waals surface area contributed by atoms with E-state index in [0.717, 1.165) is 5.56 Å². The van der Waals surface area contributed by atoms with Gasteiger partial charge in [-0.15, -0.1) is 0 Å². The molecule has 0 aromatic heterocycles.